The number of amides is 1. The Bertz CT molecular complexity index is 928. The Morgan fingerprint density at radius 2 is 1.74 bits per heavy atom. The summed E-state index contributed by atoms with van der Waals surface area (Å²) in [7, 11) is -3.65. The molecule has 1 fully saturated rings. The normalized spacial score (nSPS) is 15.0. The second kappa shape index (κ2) is 8.84. The number of anilines is 1. The minimum Gasteiger partial charge on any atom is -0.325 e. The van der Waals surface area contributed by atoms with E-state index in [0.717, 1.165) is 17.7 Å². The highest BCUT2D eigenvalue weighted by Crippen LogP contribution is 2.30. The third-order valence-corrected chi connectivity index (χ3v) is 7.73. The number of sulfonamides is 1. The molecule has 2 aromatic rings. The molecule has 0 spiro atoms. The molecule has 1 amide bonds. The Kier molecular flexibility index (Phi) is 6.70. The van der Waals surface area contributed by atoms with E-state index in [2.05, 4.69) is 5.32 Å². The lowest BCUT2D eigenvalue weighted by molar-refractivity contribution is -0.113. The Labute approximate surface area is 173 Å². The van der Waals surface area contributed by atoms with Crippen molar-refractivity contribution in [1.29, 1.82) is 0 Å². The van der Waals surface area contributed by atoms with Gasteiger partial charge >= 0.3 is 0 Å². The van der Waals surface area contributed by atoms with Crippen LogP contribution < -0.4 is 5.32 Å². The fourth-order valence-electron chi connectivity index (χ4n) is 2.72. The van der Waals surface area contributed by atoms with Crippen molar-refractivity contribution in [2.24, 2.45) is 0 Å². The molecule has 0 bridgehead atoms. The SMILES string of the molecule is O=C(CSc1ccc(Cl)cc1)Nc1ccc(Cl)c(S(=O)(=O)N2CCCC2)c1. The molecule has 144 valence electrons. The molecule has 3 rings (SSSR count). The van der Waals surface area contributed by atoms with Crippen LogP contribution in [0.2, 0.25) is 10.0 Å². The predicted molar refractivity (Wildman–Crippen MR) is 110 cm³/mol. The highest BCUT2D eigenvalue weighted by molar-refractivity contribution is 8.00. The number of benzene rings is 2. The standard InChI is InChI=1S/C18H18Cl2N2O3S2/c19-13-3-6-15(7-4-13)26-12-18(23)21-14-5-8-16(20)17(11-14)27(24,25)22-9-1-2-10-22/h3-8,11H,1-2,9-10,12H2,(H,21,23). The molecule has 2 aromatic carbocycles. The molecule has 9 heteroatoms. The molecule has 0 saturated carbocycles. The van der Waals surface area contributed by atoms with E-state index in [1.54, 1.807) is 18.2 Å². The first-order chi connectivity index (χ1) is 12.9. The van der Waals surface area contributed by atoms with Crippen LogP contribution in [0, 0.1) is 0 Å². The molecule has 1 aliphatic rings. The number of hydrogen-bond donors (Lipinski definition) is 1. The first kappa shape index (κ1) is 20.5. The number of halogens is 2. The molecule has 1 N–H and O–H groups in total. The molecule has 0 unspecified atom stereocenters. The second-order valence-electron chi connectivity index (χ2n) is 6.05. The summed E-state index contributed by atoms with van der Waals surface area (Å²) in [5, 5.41) is 3.51. The molecule has 0 aromatic heterocycles. The number of rotatable bonds is 6. The summed E-state index contributed by atoms with van der Waals surface area (Å²) in [6, 6.07) is 11.7. The van der Waals surface area contributed by atoms with Gasteiger partial charge in [0.25, 0.3) is 0 Å². The topological polar surface area (TPSA) is 66.5 Å². The van der Waals surface area contributed by atoms with Crippen LogP contribution in [0.3, 0.4) is 0 Å². The van der Waals surface area contributed by atoms with E-state index < -0.39 is 10.0 Å². The van der Waals surface area contributed by atoms with E-state index in [0.29, 0.717) is 23.8 Å². The van der Waals surface area contributed by atoms with E-state index in [1.807, 2.05) is 12.1 Å². The van der Waals surface area contributed by atoms with Crippen LogP contribution in [0.1, 0.15) is 12.8 Å². The monoisotopic (exact) mass is 444 g/mol. The molecular weight excluding hydrogens is 427 g/mol. The Hall–Kier alpha value is -1.25. The van der Waals surface area contributed by atoms with Gasteiger partial charge in [0, 0.05) is 28.7 Å². The molecule has 1 saturated heterocycles. The summed E-state index contributed by atoms with van der Waals surface area (Å²) in [6.07, 6.45) is 1.68. The van der Waals surface area contributed by atoms with Crippen LogP contribution in [-0.2, 0) is 14.8 Å². The maximum absolute atomic E-state index is 12.7. The van der Waals surface area contributed by atoms with Gasteiger partial charge in [-0.15, -0.1) is 11.8 Å². The lowest BCUT2D eigenvalue weighted by atomic mass is 10.3. The number of nitrogens with one attached hydrogen (secondary N) is 1. The summed E-state index contributed by atoms with van der Waals surface area (Å²) in [5.74, 6) is -0.0415. The number of carbonyl (C=O) groups is 1. The third kappa shape index (κ3) is 5.18. The van der Waals surface area contributed by atoms with Gasteiger partial charge in [0.1, 0.15) is 4.90 Å². The van der Waals surface area contributed by atoms with Gasteiger partial charge in [-0.1, -0.05) is 23.2 Å². The zero-order valence-electron chi connectivity index (χ0n) is 14.3. The summed E-state index contributed by atoms with van der Waals surface area (Å²) >= 11 is 13.3. The fourth-order valence-corrected chi connectivity index (χ4v) is 5.57. The van der Waals surface area contributed by atoms with Crippen LogP contribution in [0.25, 0.3) is 0 Å². The van der Waals surface area contributed by atoms with Crippen molar-refractivity contribution in [3.63, 3.8) is 0 Å². The van der Waals surface area contributed by atoms with Crippen LogP contribution in [0.4, 0.5) is 5.69 Å². The Morgan fingerprint density at radius 1 is 1.07 bits per heavy atom. The van der Waals surface area contributed by atoms with Crippen molar-refractivity contribution in [3.05, 3.63) is 52.5 Å². The van der Waals surface area contributed by atoms with Gasteiger partial charge in [0.05, 0.1) is 10.8 Å². The van der Waals surface area contributed by atoms with Crippen molar-refractivity contribution < 1.29 is 13.2 Å². The van der Waals surface area contributed by atoms with Crippen LogP contribution >= 0.6 is 35.0 Å². The Balaban J connectivity index is 1.68. The minimum absolute atomic E-state index is 0.0224. The van der Waals surface area contributed by atoms with Gasteiger partial charge in [0.15, 0.2) is 0 Å². The lowest BCUT2D eigenvalue weighted by Crippen LogP contribution is -2.28. The summed E-state index contributed by atoms with van der Waals surface area (Å²) in [4.78, 5) is 13.1. The average molecular weight is 445 g/mol. The largest absolute Gasteiger partial charge is 0.325 e. The lowest BCUT2D eigenvalue weighted by Gasteiger charge is -2.17. The first-order valence-corrected chi connectivity index (χ1v) is 11.5. The maximum atomic E-state index is 12.7. The van der Waals surface area contributed by atoms with Crippen molar-refractivity contribution in [1.82, 2.24) is 4.31 Å². The summed E-state index contributed by atoms with van der Waals surface area (Å²) in [6.45, 7) is 0.986. The molecule has 27 heavy (non-hydrogen) atoms. The van der Waals surface area contributed by atoms with E-state index in [1.165, 1.54) is 28.2 Å². The zero-order valence-corrected chi connectivity index (χ0v) is 17.5. The highest BCUT2D eigenvalue weighted by Gasteiger charge is 2.29. The number of thioether (sulfide) groups is 1. The Morgan fingerprint density at radius 3 is 2.41 bits per heavy atom. The van der Waals surface area contributed by atoms with Gasteiger partial charge in [0.2, 0.25) is 15.9 Å². The molecule has 1 aliphatic heterocycles. The van der Waals surface area contributed by atoms with E-state index in [9.17, 15) is 13.2 Å². The molecule has 5 nitrogen and oxygen atoms in total. The van der Waals surface area contributed by atoms with E-state index in [4.69, 9.17) is 23.2 Å². The summed E-state index contributed by atoms with van der Waals surface area (Å²) < 4.78 is 26.9. The smallest absolute Gasteiger partial charge is 0.244 e. The fraction of sp³-hybridized carbons (Fsp3) is 0.278. The van der Waals surface area contributed by atoms with Gasteiger partial charge in [-0.2, -0.15) is 4.31 Å². The zero-order chi connectivity index (χ0) is 19.4. The number of carbonyl (C=O) groups excluding carboxylic acids is 1. The van der Waals surface area contributed by atoms with Gasteiger partial charge in [-0.3, -0.25) is 4.79 Å². The van der Waals surface area contributed by atoms with Gasteiger partial charge in [-0.25, -0.2) is 8.42 Å². The van der Waals surface area contributed by atoms with Crippen molar-refractivity contribution in [3.8, 4) is 0 Å². The maximum Gasteiger partial charge on any atom is 0.244 e. The number of nitrogens with zero attached hydrogens (tertiary/aromatic N) is 1. The van der Waals surface area contributed by atoms with Gasteiger partial charge in [-0.05, 0) is 55.3 Å². The second-order valence-corrected chi connectivity index (χ2v) is 9.85. The molecular formula is C18H18Cl2N2O3S2. The average Bonchev–Trinajstić information content (AvgIpc) is 3.18. The molecule has 0 atom stereocenters. The van der Waals surface area contributed by atoms with Gasteiger partial charge < -0.3 is 5.32 Å². The van der Waals surface area contributed by atoms with E-state index >= 15 is 0 Å². The third-order valence-electron chi connectivity index (χ3n) is 4.08. The summed E-state index contributed by atoms with van der Waals surface area (Å²) in [5.41, 5.74) is 0.402. The minimum atomic E-state index is -3.65. The quantitative estimate of drug-likeness (QED) is 0.665. The molecule has 0 aliphatic carbocycles. The predicted octanol–water partition coefficient (Wildman–Crippen LogP) is 4.51. The first-order valence-electron chi connectivity index (χ1n) is 8.34. The van der Waals surface area contributed by atoms with Crippen LogP contribution in [-0.4, -0.2) is 37.5 Å². The van der Waals surface area contributed by atoms with Crippen molar-refractivity contribution in [2.45, 2.75) is 22.6 Å². The van der Waals surface area contributed by atoms with Crippen molar-refractivity contribution >= 4 is 56.6 Å². The van der Waals surface area contributed by atoms with Crippen molar-refractivity contribution in [2.75, 3.05) is 24.2 Å². The molecule has 1 heterocycles. The van der Waals surface area contributed by atoms with Crippen LogP contribution in [0.15, 0.2) is 52.3 Å². The highest BCUT2D eigenvalue weighted by atomic mass is 35.5. The van der Waals surface area contributed by atoms with E-state index in [-0.39, 0.29) is 21.6 Å². The molecule has 0 radical (unpaired) electrons. The number of hydrogen-bond acceptors (Lipinski definition) is 4. The van der Waals surface area contributed by atoms with Crippen LogP contribution in [0.5, 0.6) is 0 Å².